The normalized spacial score (nSPS) is 39.7. The van der Waals surface area contributed by atoms with Crippen LogP contribution >= 0.6 is 11.6 Å². The van der Waals surface area contributed by atoms with Crippen LogP contribution in [0.2, 0.25) is 0 Å². The summed E-state index contributed by atoms with van der Waals surface area (Å²) in [7, 11) is 0. The number of halogens is 1. The van der Waals surface area contributed by atoms with Crippen LogP contribution in [0.25, 0.3) is 0 Å². The molecule has 0 aromatic carbocycles. The molecule has 6 atom stereocenters. The topological polar surface area (TPSA) is 187 Å². The number of carbonyl (C=O) groups excluding carboxylic acids is 3. The number of amidine groups is 1. The van der Waals surface area contributed by atoms with Gasteiger partial charge in [-0.1, -0.05) is 11.6 Å². The highest BCUT2D eigenvalue weighted by atomic mass is 35.5. The molecule has 1 saturated heterocycles. The molecule has 3 aliphatic heterocycles. The van der Waals surface area contributed by atoms with Gasteiger partial charge in [-0.3, -0.25) is 25.1 Å². The third kappa shape index (κ3) is 2.79. The number of aliphatic hydroxyl groups excluding tert-OH is 1. The molecule has 0 amide bonds. The number of alkyl halides is 1. The number of nitrogens with zero attached hydrogens (tertiary/aromatic N) is 4. The van der Waals surface area contributed by atoms with E-state index in [9.17, 15) is 29.7 Å². The Balaban J connectivity index is 2.13. The van der Waals surface area contributed by atoms with E-state index in [2.05, 4.69) is 15.0 Å². The zero-order chi connectivity index (χ0) is 21.9. The van der Waals surface area contributed by atoms with E-state index in [1.807, 2.05) is 0 Å². The molecule has 158 valence electrons. The van der Waals surface area contributed by atoms with Gasteiger partial charge in [-0.2, -0.15) is 0 Å². The van der Waals surface area contributed by atoms with Gasteiger partial charge in [-0.05, 0) is 20.8 Å². The largest absolute Gasteiger partial charge is 0.382 e. The van der Waals surface area contributed by atoms with Gasteiger partial charge in [-0.25, -0.2) is 9.98 Å². The Labute approximate surface area is 169 Å². The van der Waals surface area contributed by atoms with Crippen molar-refractivity contribution >= 4 is 46.8 Å². The lowest BCUT2D eigenvalue weighted by atomic mass is 9.73. The Morgan fingerprint density at radius 3 is 2.38 bits per heavy atom. The number of ketones is 3. The SMILES string of the molecule is CC(=O)C(O)[C@H]1O[C@@H](N2CN=C3C2=NC=NC3(N)Cl)[C@@](O)(C(C)=O)[C@@]1(O)C(C)=O. The molecule has 3 aliphatic rings. The van der Waals surface area contributed by atoms with Crippen molar-refractivity contribution in [1.82, 2.24) is 4.90 Å². The average Bonchev–Trinajstić information content (AvgIpc) is 3.14. The lowest BCUT2D eigenvalue weighted by Gasteiger charge is -2.40. The molecular weight excluding hydrogens is 410 g/mol. The second kappa shape index (κ2) is 6.72. The van der Waals surface area contributed by atoms with Crippen LogP contribution in [0.15, 0.2) is 15.0 Å². The minimum absolute atomic E-state index is 0.00829. The fourth-order valence-corrected chi connectivity index (χ4v) is 3.89. The third-order valence-electron chi connectivity index (χ3n) is 5.31. The molecule has 2 unspecified atom stereocenters. The lowest BCUT2D eigenvalue weighted by molar-refractivity contribution is -0.184. The van der Waals surface area contributed by atoms with Crippen LogP contribution < -0.4 is 5.73 Å². The Morgan fingerprint density at radius 2 is 1.86 bits per heavy atom. The quantitative estimate of drug-likeness (QED) is 0.266. The summed E-state index contributed by atoms with van der Waals surface area (Å²) in [6.07, 6.45) is -4.64. The van der Waals surface area contributed by atoms with Crippen molar-refractivity contribution in [3.05, 3.63) is 0 Å². The van der Waals surface area contributed by atoms with Crippen molar-refractivity contribution in [3.8, 4) is 0 Å². The molecule has 12 nitrogen and oxygen atoms in total. The van der Waals surface area contributed by atoms with E-state index in [-0.39, 0.29) is 18.2 Å². The molecule has 0 aliphatic carbocycles. The number of Topliss-reactive ketones (excluding diaryl/α,β-unsaturated/α-hetero) is 3. The fourth-order valence-electron chi connectivity index (χ4n) is 3.70. The molecule has 0 aromatic rings. The van der Waals surface area contributed by atoms with E-state index < -0.39 is 52.1 Å². The molecule has 5 N–H and O–H groups in total. The Hall–Kier alpha value is -2.09. The first-order valence-corrected chi connectivity index (χ1v) is 8.90. The van der Waals surface area contributed by atoms with Gasteiger partial charge in [0.15, 0.2) is 35.0 Å². The van der Waals surface area contributed by atoms with E-state index in [1.165, 1.54) is 0 Å². The number of carbonyl (C=O) groups is 3. The zero-order valence-electron chi connectivity index (χ0n) is 15.7. The van der Waals surface area contributed by atoms with Crippen LogP contribution in [0.1, 0.15) is 20.8 Å². The van der Waals surface area contributed by atoms with Gasteiger partial charge in [0.05, 0.1) is 0 Å². The molecule has 3 rings (SSSR count). The minimum atomic E-state index is -2.93. The van der Waals surface area contributed by atoms with Gasteiger partial charge in [0.2, 0.25) is 10.7 Å². The van der Waals surface area contributed by atoms with Crippen LogP contribution in [-0.4, -0.2) is 96.9 Å². The predicted molar refractivity (Wildman–Crippen MR) is 99.4 cm³/mol. The van der Waals surface area contributed by atoms with Crippen molar-refractivity contribution in [3.63, 3.8) is 0 Å². The average molecular weight is 430 g/mol. The summed E-state index contributed by atoms with van der Waals surface area (Å²) in [5.41, 5.74) is 0.0524. The van der Waals surface area contributed by atoms with Crippen LogP contribution in [-0.2, 0) is 19.1 Å². The first-order chi connectivity index (χ1) is 13.3. The molecule has 0 spiro atoms. The Morgan fingerprint density at radius 1 is 1.28 bits per heavy atom. The zero-order valence-corrected chi connectivity index (χ0v) is 16.5. The highest BCUT2D eigenvalue weighted by Gasteiger charge is 2.74. The second-order valence-corrected chi connectivity index (χ2v) is 7.67. The monoisotopic (exact) mass is 429 g/mol. The van der Waals surface area contributed by atoms with Gasteiger partial charge < -0.3 is 25.0 Å². The number of rotatable bonds is 5. The number of fused-ring (bicyclic) bond motifs is 1. The van der Waals surface area contributed by atoms with Crippen LogP contribution in [0, 0.1) is 0 Å². The maximum absolute atomic E-state index is 12.5. The first-order valence-electron chi connectivity index (χ1n) is 8.52. The molecular formula is C16H20ClN5O7. The minimum Gasteiger partial charge on any atom is -0.382 e. The van der Waals surface area contributed by atoms with Crippen LogP contribution in [0.3, 0.4) is 0 Å². The van der Waals surface area contributed by atoms with Gasteiger partial charge in [0.25, 0.3) is 0 Å². The summed E-state index contributed by atoms with van der Waals surface area (Å²) in [6.45, 7) is 2.58. The number of hydrogen-bond acceptors (Lipinski definition) is 12. The first kappa shape index (κ1) is 21.6. The van der Waals surface area contributed by atoms with Crippen molar-refractivity contribution in [2.45, 2.75) is 55.5 Å². The molecule has 0 bridgehead atoms. The van der Waals surface area contributed by atoms with Gasteiger partial charge in [0, 0.05) is 0 Å². The van der Waals surface area contributed by atoms with Crippen LogP contribution in [0.4, 0.5) is 0 Å². The number of nitrogens with two attached hydrogens (primary N) is 1. The number of aliphatic imine (C=N–C) groups is 3. The molecule has 3 heterocycles. The highest BCUT2D eigenvalue weighted by molar-refractivity contribution is 6.56. The van der Waals surface area contributed by atoms with Crippen molar-refractivity contribution < 1.29 is 34.4 Å². The van der Waals surface area contributed by atoms with E-state index in [4.69, 9.17) is 22.1 Å². The second-order valence-electron chi connectivity index (χ2n) is 7.10. The van der Waals surface area contributed by atoms with Crippen LogP contribution in [0.5, 0.6) is 0 Å². The fraction of sp³-hybridized carbons (Fsp3) is 0.625. The third-order valence-corrected chi connectivity index (χ3v) is 5.58. The summed E-state index contributed by atoms with van der Waals surface area (Å²) in [4.78, 5) is 49.6. The van der Waals surface area contributed by atoms with Gasteiger partial charge >= 0.3 is 0 Å². The molecule has 0 aromatic heterocycles. The molecule has 0 saturated carbocycles. The maximum Gasteiger partial charge on any atom is 0.232 e. The molecule has 1 fully saturated rings. The van der Waals surface area contributed by atoms with Crippen molar-refractivity contribution in [2.24, 2.45) is 20.7 Å². The number of hydrogen-bond donors (Lipinski definition) is 4. The summed E-state index contributed by atoms with van der Waals surface area (Å²) in [5.74, 6) is -2.97. The smallest absolute Gasteiger partial charge is 0.232 e. The van der Waals surface area contributed by atoms with Crippen molar-refractivity contribution in [1.29, 1.82) is 0 Å². The molecule has 29 heavy (non-hydrogen) atoms. The molecule has 0 radical (unpaired) electrons. The summed E-state index contributed by atoms with van der Waals surface area (Å²) < 4.78 is 5.57. The highest BCUT2D eigenvalue weighted by Crippen LogP contribution is 2.45. The van der Waals surface area contributed by atoms with Gasteiger partial charge in [-0.15, -0.1) is 0 Å². The summed E-state index contributed by atoms with van der Waals surface area (Å²) in [6, 6.07) is 0. The summed E-state index contributed by atoms with van der Waals surface area (Å²) >= 11 is 6.09. The van der Waals surface area contributed by atoms with E-state index in [0.717, 1.165) is 32.0 Å². The number of ether oxygens (including phenoxy) is 1. The standard InChI is InChI=1S/C16H20ClN5O7/c1-6(23)9(26)11-14(27,7(2)24)15(28,8(3)25)13(29-11)22-5-20-10-12(22)19-4-21-16(10,17)18/h4,9,11,13,26-28H,5,18H2,1-3H3/t9?,11-,13-,14-,15+,16?/m1/s1. The lowest BCUT2D eigenvalue weighted by Crippen LogP contribution is -2.70. The van der Waals surface area contributed by atoms with E-state index in [0.29, 0.717) is 0 Å². The molecule has 13 heteroatoms. The Bertz CT molecular complexity index is 887. The maximum atomic E-state index is 12.5. The summed E-state index contributed by atoms with van der Waals surface area (Å²) in [5, 5.41) is 30.9. The Kier molecular flexibility index (Phi) is 5.01. The number of aliphatic hydroxyl groups is 3. The van der Waals surface area contributed by atoms with E-state index >= 15 is 0 Å². The van der Waals surface area contributed by atoms with E-state index in [1.54, 1.807) is 0 Å². The predicted octanol–water partition coefficient (Wildman–Crippen LogP) is -2.69. The van der Waals surface area contributed by atoms with Gasteiger partial charge in [0.1, 0.15) is 30.9 Å². The van der Waals surface area contributed by atoms with Crippen molar-refractivity contribution in [2.75, 3.05) is 6.67 Å².